The molecular formula is C22H19BrN2O4. The molecule has 1 amide bonds. The number of esters is 1. The van der Waals surface area contributed by atoms with Crippen molar-refractivity contribution in [2.24, 2.45) is 0 Å². The van der Waals surface area contributed by atoms with Gasteiger partial charge in [-0.25, -0.2) is 0 Å². The normalized spacial score (nSPS) is 10.6. The minimum Gasteiger partial charge on any atom is -0.461 e. The van der Waals surface area contributed by atoms with E-state index in [-0.39, 0.29) is 31.1 Å². The SMILES string of the molecule is CC(=O)c1ccc(COC(=O)CCC(=O)Nc2ccc(Br)c3cccnc23)cc1. The van der Waals surface area contributed by atoms with E-state index in [9.17, 15) is 14.4 Å². The molecule has 0 radical (unpaired) electrons. The van der Waals surface area contributed by atoms with Crippen molar-refractivity contribution in [2.75, 3.05) is 5.32 Å². The summed E-state index contributed by atoms with van der Waals surface area (Å²) in [6.07, 6.45) is 1.64. The van der Waals surface area contributed by atoms with Crippen LogP contribution in [0.5, 0.6) is 0 Å². The standard InChI is InChI=1S/C22H19BrN2O4/c1-14(26)16-6-4-15(5-7-16)13-29-21(28)11-10-20(27)25-19-9-8-18(23)17-3-2-12-24-22(17)19/h2-9,12H,10-11,13H2,1H3,(H,25,27). The van der Waals surface area contributed by atoms with E-state index in [1.54, 1.807) is 36.5 Å². The Labute approximate surface area is 176 Å². The number of rotatable bonds is 7. The van der Waals surface area contributed by atoms with Gasteiger partial charge in [-0.2, -0.15) is 0 Å². The van der Waals surface area contributed by atoms with Crippen molar-refractivity contribution in [3.63, 3.8) is 0 Å². The third-order valence-corrected chi connectivity index (χ3v) is 5.00. The van der Waals surface area contributed by atoms with Crippen molar-refractivity contribution in [2.45, 2.75) is 26.4 Å². The molecule has 3 rings (SSSR count). The first kappa shape index (κ1) is 20.7. The predicted octanol–water partition coefficient (Wildman–Crippen LogP) is 4.66. The third kappa shape index (κ3) is 5.48. The van der Waals surface area contributed by atoms with Crippen LogP contribution >= 0.6 is 15.9 Å². The molecule has 0 aliphatic carbocycles. The molecule has 0 saturated carbocycles. The quantitative estimate of drug-likeness (QED) is 0.414. The molecule has 6 nitrogen and oxygen atoms in total. The maximum Gasteiger partial charge on any atom is 0.306 e. The summed E-state index contributed by atoms with van der Waals surface area (Å²) in [5, 5.41) is 3.69. The van der Waals surface area contributed by atoms with Gasteiger partial charge in [-0.15, -0.1) is 0 Å². The molecule has 3 aromatic rings. The van der Waals surface area contributed by atoms with Crippen molar-refractivity contribution >= 4 is 50.2 Å². The zero-order chi connectivity index (χ0) is 20.8. The number of hydrogen-bond donors (Lipinski definition) is 1. The number of nitrogens with zero attached hydrogens (tertiary/aromatic N) is 1. The molecule has 0 fully saturated rings. The van der Waals surface area contributed by atoms with Crippen LogP contribution in [0.2, 0.25) is 0 Å². The lowest BCUT2D eigenvalue weighted by Crippen LogP contribution is -2.15. The summed E-state index contributed by atoms with van der Waals surface area (Å²) in [5.74, 6) is -0.773. The number of aromatic nitrogens is 1. The highest BCUT2D eigenvalue weighted by Gasteiger charge is 2.12. The second kappa shape index (κ2) is 9.43. The van der Waals surface area contributed by atoms with Crippen LogP contribution in [0.25, 0.3) is 10.9 Å². The molecular weight excluding hydrogens is 436 g/mol. The van der Waals surface area contributed by atoms with Crippen LogP contribution in [0.4, 0.5) is 5.69 Å². The summed E-state index contributed by atoms with van der Waals surface area (Å²) >= 11 is 3.46. The topological polar surface area (TPSA) is 85.4 Å². The fraction of sp³-hybridized carbons (Fsp3) is 0.182. The Balaban J connectivity index is 1.50. The molecule has 0 atom stereocenters. The van der Waals surface area contributed by atoms with E-state index in [1.807, 2.05) is 18.2 Å². The van der Waals surface area contributed by atoms with Gasteiger partial charge in [0, 0.05) is 28.0 Å². The Hall–Kier alpha value is -3.06. The number of amides is 1. The summed E-state index contributed by atoms with van der Waals surface area (Å²) < 4.78 is 6.08. The van der Waals surface area contributed by atoms with Gasteiger partial charge in [0.25, 0.3) is 0 Å². The highest BCUT2D eigenvalue weighted by atomic mass is 79.9. The summed E-state index contributed by atoms with van der Waals surface area (Å²) in [6.45, 7) is 1.59. The predicted molar refractivity (Wildman–Crippen MR) is 114 cm³/mol. The minimum atomic E-state index is -0.463. The number of carbonyl (C=O) groups is 3. The zero-order valence-corrected chi connectivity index (χ0v) is 17.4. The van der Waals surface area contributed by atoms with Crippen LogP contribution in [0.3, 0.4) is 0 Å². The number of pyridine rings is 1. The molecule has 0 aliphatic rings. The highest BCUT2D eigenvalue weighted by molar-refractivity contribution is 9.10. The Bertz CT molecular complexity index is 1060. The van der Waals surface area contributed by atoms with Crippen molar-refractivity contribution in [3.05, 3.63) is 70.3 Å². The van der Waals surface area contributed by atoms with Gasteiger partial charge in [-0.1, -0.05) is 46.3 Å². The molecule has 0 bridgehead atoms. The first-order valence-electron chi connectivity index (χ1n) is 9.02. The van der Waals surface area contributed by atoms with Gasteiger partial charge >= 0.3 is 5.97 Å². The molecule has 7 heteroatoms. The number of ketones is 1. The first-order chi connectivity index (χ1) is 13.9. The van der Waals surface area contributed by atoms with Gasteiger partial charge in [0.05, 0.1) is 17.6 Å². The van der Waals surface area contributed by atoms with E-state index in [4.69, 9.17) is 4.74 Å². The molecule has 1 heterocycles. The second-order valence-electron chi connectivity index (χ2n) is 6.46. The molecule has 29 heavy (non-hydrogen) atoms. The van der Waals surface area contributed by atoms with E-state index in [2.05, 4.69) is 26.2 Å². The number of anilines is 1. The number of fused-ring (bicyclic) bond motifs is 1. The van der Waals surface area contributed by atoms with Gasteiger partial charge in [0.1, 0.15) is 6.61 Å². The molecule has 148 valence electrons. The van der Waals surface area contributed by atoms with Crippen LogP contribution in [0, 0.1) is 0 Å². The number of halogens is 1. The lowest BCUT2D eigenvalue weighted by molar-refractivity contribution is -0.145. The fourth-order valence-electron chi connectivity index (χ4n) is 2.74. The lowest BCUT2D eigenvalue weighted by atomic mass is 10.1. The average Bonchev–Trinajstić information content (AvgIpc) is 2.73. The molecule has 0 unspecified atom stereocenters. The molecule has 1 N–H and O–H groups in total. The van der Waals surface area contributed by atoms with Crippen molar-refractivity contribution in [3.8, 4) is 0 Å². The highest BCUT2D eigenvalue weighted by Crippen LogP contribution is 2.28. The minimum absolute atomic E-state index is 0.00645. The first-order valence-corrected chi connectivity index (χ1v) is 9.82. The van der Waals surface area contributed by atoms with E-state index >= 15 is 0 Å². The number of hydrogen-bond acceptors (Lipinski definition) is 5. The maximum absolute atomic E-state index is 12.2. The Morgan fingerprint density at radius 1 is 1.03 bits per heavy atom. The van der Waals surface area contributed by atoms with Gasteiger partial charge in [-0.05, 0) is 30.7 Å². The Morgan fingerprint density at radius 3 is 2.52 bits per heavy atom. The monoisotopic (exact) mass is 454 g/mol. The van der Waals surface area contributed by atoms with Crippen LogP contribution in [-0.4, -0.2) is 22.6 Å². The molecule has 1 aromatic heterocycles. The number of ether oxygens (including phenoxy) is 1. The van der Waals surface area contributed by atoms with Crippen molar-refractivity contribution in [1.29, 1.82) is 0 Å². The summed E-state index contributed by atoms with van der Waals surface area (Å²) in [4.78, 5) is 39.7. The molecule has 2 aromatic carbocycles. The van der Waals surface area contributed by atoms with Crippen LogP contribution < -0.4 is 5.32 Å². The van der Waals surface area contributed by atoms with Crippen molar-refractivity contribution in [1.82, 2.24) is 4.98 Å². The van der Waals surface area contributed by atoms with E-state index in [0.717, 1.165) is 15.4 Å². The maximum atomic E-state index is 12.2. The Morgan fingerprint density at radius 2 is 1.79 bits per heavy atom. The van der Waals surface area contributed by atoms with Crippen LogP contribution in [0.1, 0.15) is 35.7 Å². The number of nitrogens with one attached hydrogen (secondary N) is 1. The van der Waals surface area contributed by atoms with Gasteiger partial charge in [0.2, 0.25) is 5.91 Å². The number of Topliss-reactive ketones (excluding diaryl/α,β-unsaturated/α-hetero) is 1. The zero-order valence-electron chi connectivity index (χ0n) is 15.8. The molecule has 0 spiro atoms. The van der Waals surface area contributed by atoms with Gasteiger partial charge in [0.15, 0.2) is 5.78 Å². The largest absolute Gasteiger partial charge is 0.461 e. The van der Waals surface area contributed by atoms with Crippen LogP contribution in [0.15, 0.2) is 59.2 Å². The van der Waals surface area contributed by atoms with E-state index in [0.29, 0.717) is 16.8 Å². The lowest BCUT2D eigenvalue weighted by Gasteiger charge is -2.09. The van der Waals surface area contributed by atoms with E-state index < -0.39 is 5.97 Å². The molecule has 0 aliphatic heterocycles. The average molecular weight is 455 g/mol. The van der Waals surface area contributed by atoms with Gasteiger partial charge in [-0.3, -0.25) is 19.4 Å². The summed E-state index contributed by atoms with van der Waals surface area (Å²) in [7, 11) is 0. The third-order valence-electron chi connectivity index (χ3n) is 4.31. The fourth-order valence-corrected chi connectivity index (χ4v) is 3.19. The summed E-state index contributed by atoms with van der Waals surface area (Å²) in [6, 6.07) is 14.2. The van der Waals surface area contributed by atoms with Crippen molar-refractivity contribution < 1.29 is 19.1 Å². The van der Waals surface area contributed by atoms with Gasteiger partial charge < -0.3 is 10.1 Å². The summed E-state index contributed by atoms with van der Waals surface area (Å²) in [5.41, 5.74) is 2.64. The Kier molecular flexibility index (Phi) is 6.72. The molecule has 0 saturated heterocycles. The number of benzene rings is 2. The second-order valence-corrected chi connectivity index (χ2v) is 7.31. The van der Waals surface area contributed by atoms with Crippen LogP contribution in [-0.2, 0) is 20.9 Å². The smallest absolute Gasteiger partial charge is 0.306 e. The van der Waals surface area contributed by atoms with E-state index in [1.165, 1.54) is 6.92 Å². The number of carbonyl (C=O) groups excluding carboxylic acids is 3.